The van der Waals surface area contributed by atoms with Crippen molar-refractivity contribution in [1.29, 1.82) is 0 Å². The van der Waals surface area contributed by atoms with E-state index in [1.54, 1.807) is 52.2 Å². The van der Waals surface area contributed by atoms with Gasteiger partial charge < -0.3 is 19.4 Å². The molecular weight excluding hydrogens is 336 g/mol. The molecule has 0 radical (unpaired) electrons. The molecule has 1 aromatic carbocycles. The highest BCUT2D eigenvalue weighted by molar-refractivity contribution is 5.99. The van der Waals surface area contributed by atoms with Gasteiger partial charge in [-0.3, -0.25) is 4.79 Å². The first-order chi connectivity index (χ1) is 12.3. The minimum Gasteiger partial charge on any atom is -0.465 e. The maximum absolute atomic E-state index is 12.7. The van der Waals surface area contributed by atoms with Crippen molar-refractivity contribution >= 4 is 17.8 Å². The Kier molecular flexibility index (Phi) is 5.82. The Labute approximate surface area is 151 Å². The molecule has 0 aliphatic rings. The number of methoxy groups -OCH3 is 1. The summed E-state index contributed by atoms with van der Waals surface area (Å²) in [5, 5.41) is 0. The third-order valence-electron chi connectivity index (χ3n) is 4.02. The molecule has 1 N–H and O–H groups in total. The zero-order valence-corrected chi connectivity index (χ0v) is 15.5. The summed E-state index contributed by atoms with van der Waals surface area (Å²) in [5.41, 5.74) is 1.89. The third-order valence-corrected chi connectivity index (χ3v) is 4.02. The van der Waals surface area contributed by atoms with Gasteiger partial charge in [0.15, 0.2) is 0 Å². The second kappa shape index (κ2) is 7.86. The van der Waals surface area contributed by atoms with Crippen LogP contribution in [0.4, 0.5) is 0 Å². The number of H-pyrrole nitrogens is 1. The van der Waals surface area contributed by atoms with E-state index in [-0.39, 0.29) is 17.2 Å². The van der Waals surface area contributed by atoms with Gasteiger partial charge in [-0.05, 0) is 19.4 Å². The minimum atomic E-state index is -1.08. The SMILES string of the molecule is COC(=O)c1c(C)[nH]c(C(=O)O[C@@H](C(=O)N(C)C)c2ccccc2)c1C. The van der Waals surface area contributed by atoms with E-state index in [0.717, 1.165) is 0 Å². The highest BCUT2D eigenvalue weighted by Crippen LogP contribution is 2.24. The number of hydrogen-bond acceptors (Lipinski definition) is 5. The van der Waals surface area contributed by atoms with E-state index in [1.165, 1.54) is 12.0 Å². The van der Waals surface area contributed by atoms with Crippen LogP contribution in [0.3, 0.4) is 0 Å². The fraction of sp³-hybridized carbons (Fsp3) is 0.316. The number of rotatable bonds is 5. The Morgan fingerprint density at radius 2 is 1.65 bits per heavy atom. The molecule has 0 aliphatic heterocycles. The van der Waals surface area contributed by atoms with Gasteiger partial charge in [-0.15, -0.1) is 0 Å². The van der Waals surface area contributed by atoms with Crippen molar-refractivity contribution in [2.75, 3.05) is 21.2 Å². The molecule has 26 heavy (non-hydrogen) atoms. The van der Waals surface area contributed by atoms with Crippen molar-refractivity contribution < 1.29 is 23.9 Å². The van der Waals surface area contributed by atoms with Crippen molar-refractivity contribution in [1.82, 2.24) is 9.88 Å². The van der Waals surface area contributed by atoms with Crippen LogP contribution < -0.4 is 0 Å². The first-order valence-electron chi connectivity index (χ1n) is 8.02. The maximum atomic E-state index is 12.7. The van der Waals surface area contributed by atoms with E-state index in [4.69, 9.17) is 9.47 Å². The van der Waals surface area contributed by atoms with Crippen LogP contribution in [0.15, 0.2) is 30.3 Å². The van der Waals surface area contributed by atoms with E-state index in [2.05, 4.69) is 4.98 Å². The summed E-state index contributed by atoms with van der Waals surface area (Å²) < 4.78 is 10.2. The lowest BCUT2D eigenvalue weighted by Gasteiger charge is -2.21. The molecule has 138 valence electrons. The number of benzene rings is 1. The summed E-state index contributed by atoms with van der Waals surface area (Å²) >= 11 is 0. The zero-order chi connectivity index (χ0) is 19.4. The quantitative estimate of drug-likeness (QED) is 0.829. The lowest BCUT2D eigenvalue weighted by molar-refractivity contribution is -0.138. The molecule has 0 saturated carbocycles. The standard InChI is InChI=1S/C19H22N2O5/c1-11-14(18(23)25-5)12(2)20-15(11)19(24)26-16(17(22)21(3)4)13-9-7-6-8-10-13/h6-10,16,20H,1-5H3/t16-/m1/s1. The van der Waals surface area contributed by atoms with Crippen LogP contribution in [0, 0.1) is 13.8 Å². The molecule has 0 aliphatic carbocycles. The monoisotopic (exact) mass is 358 g/mol. The van der Waals surface area contributed by atoms with Crippen molar-refractivity contribution in [3.63, 3.8) is 0 Å². The summed E-state index contributed by atoms with van der Waals surface area (Å²) in [4.78, 5) is 41.3. The number of nitrogens with one attached hydrogen (secondary N) is 1. The second-order valence-electron chi connectivity index (χ2n) is 6.05. The molecule has 1 aromatic heterocycles. The number of esters is 2. The number of carbonyl (C=O) groups excluding carboxylic acids is 3. The Morgan fingerprint density at radius 1 is 1.04 bits per heavy atom. The summed E-state index contributed by atoms with van der Waals surface area (Å²) in [6.07, 6.45) is -1.08. The van der Waals surface area contributed by atoms with Crippen molar-refractivity contribution in [3.8, 4) is 0 Å². The Balaban J connectivity index is 2.37. The van der Waals surface area contributed by atoms with Crippen LogP contribution >= 0.6 is 0 Å². The minimum absolute atomic E-state index is 0.121. The average molecular weight is 358 g/mol. The van der Waals surface area contributed by atoms with Gasteiger partial charge in [0.1, 0.15) is 5.69 Å². The number of amides is 1. The van der Waals surface area contributed by atoms with E-state index < -0.39 is 18.0 Å². The van der Waals surface area contributed by atoms with Gasteiger partial charge in [-0.2, -0.15) is 0 Å². The van der Waals surface area contributed by atoms with E-state index in [9.17, 15) is 14.4 Å². The predicted molar refractivity (Wildman–Crippen MR) is 94.9 cm³/mol. The average Bonchev–Trinajstić information content (AvgIpc) is 2.93. The largest absolute Gasteiger partial charge is 0.465 e. The zero-order valence-electron chi connectivity index (χ0n) is 15.5. The van der Waals surface area contributed by atoms with Crippen molar-refractivity contribution in [2.24, 2.45) is 0 Å². The fourth-order valence-electron chi connectivity index (χ4n) is 2.65. The van der Waals surface area contributed by atoms with Gasteiger partial charge in [-0.1, -0.05) is 30.3 Å². The molecule has 0 spiro atoms. The Hall–Kier alpha value is -3.09. The normalized spacial score (nSPS) is 11.6. The predicted octanol–water partition coefficient (Wildman–Crippen LogP) is 2.40. The smallest absolute Gasteiger partial charge is 0.356 e. The van der Waals surface area contributed by atoms with Crippen LogP contribution in [0.5, 0.6) is 0 Å². The van der Waals surface area contributed by atoms with Gasteiger partial charge in [0.05, 0.1) is 12.7 Å². The van der Waals surface area contributed by atoms with E-state index >= 15 is 0 Å². The number of aromatic nitrogens is 1. The van der Waals surface area contributed by atoms with Crippen LogP contribution in [0.25, 0.3) is 0 Å². The van der Waals surface area contributed by atoms with Gasteiger partial charge in [-0.25, -0.2) is 9.59 Å². The number of aromatic amines is 1. The first kappa shape index (κ1) is 19.2. The Morgan fingerprint density at radius 3 is 2.19 bits per heavy atom. The van der Waals surface area contributed by atoms with Gasteiger partial charge >= 0.3 is 11.9 Å². The van der Waals surface area contributed by atoms with Gasteiger partial charge in [0, 0.05) is 25.4 Å². The number of likely N-dealkylation sites (N-methyl/N-ethyl adjacent to an activating group) is 1. The highest BCUT2D eigenvalue weighted by Gasteiger charge is 2.30. The molecule has 1 atom stereocenters. The summed E-state index contributed by atoms with van der Waals surface area (Å²) in [6, 6.07) is 8.76. The van der Waals surface area contributed by atoms with E-state index in [0.29, 0.717) is 16.8 Å². The lowest BCUT2D eigenvalue weighted by atomic mass is 10.1. The lowest BCUT2D eigenvalue weighted by Crippen LogP contribution is -2.31. The third kappa shape index (κ3) is 3.77. The van der Waals surface area contributed by atoms with Crippen molar-refractivity contribution in [2.45, 2.75) is 20.0 Å². The van der Waals surface area contributed by atoms with Gasteiger partial charge in [0.2, 0.25) is 6.10 Å². The number of carbonyl (C=O) groups is 3. The van der Waals surface area contributed by atoms with Crippen LogP contribution in [-0.4, -0.2) is 48.9 Å². The molecule has 1 heterocycles. The molecule has 0 fully saturated rings. The van der Waals surface area contributed by atoms with Crippen LogP contribution in [0.2, 0.25) is 0 Å². The maximum Gasteiger partial charge on any atom is 0.356 e. The summed E-state index contributed by atoms with van der Waals surface area (Å²) in [5.74, 6) is -1.62. The highest BCUT2D eigenvalue weighted by atomic mass is 16.5. The van der Waals surface area contributed by atoms with Crippen LogP contribution in [0.1, 0.15) is 43.8 Å². The topological polar surface area (TPSA) is 88.7 Å². The molecule has 7 heteroatoms. The molecule has 0 saturated heterocycles. The number of aryl methyl sites for hydroxylation is 1. The number of hydrogen-bond donors (Lipinski definition) is 1. The summed E-state index contributed by atoms with van der Waals surface area (Å²) in [7, 11) is 4.45. The molecule has 0 bridgehead atoms. The molecule has 0 unspecified atom stereocenters. The van der Waals surface area contributed by atoms with Crippen molar-refractivity contribution in [3.05, 3.63) is 58.4 Å². The number of nitrogens with zero attached hydrogens (tertiary/aromatic N) is 1. The van der Waals surface area contributed by atoms with Crippen LogP contribution in [-0.2, 0) is 14.3 Å². The molecule has 1 amide bonds. The Bertz CT molecular complexity index is 824. The molecule has 2 rings (SSSR count). The first-order valence-corrected chi connectivity index (χ1v) is 8.02. The fourth-order valence-corrected chi connectivity index (χ4v) is 2.65. The molecule has 2 aromatic rings. The van der Waals surface area contributed by atoms with Gasteiger partial charge in [0.25, 0.3) is 5.91 Å². The molecular formula is C19H22N2O5. The van der Waals surface area contributed by atoms with E-state index in [1.807, 2.05) is 6.07 Å². The summed E-state index contributed by atoms with van der Waals surface area (Å²) in [6.45, 7) is 3.29. The molecule has 7 nitrogen and oxygen atoms in total. The second-order valence-corrected chi connectivity index (χ2v) is 6.05. The number of ether oxygens (including phenoxy) is 2.